The molecule has 1 spiro atoms. The number of carbonyl (C=O) groups is 1. The van der Waals surface area contributed by atoms with Crippen LogP contribution in [0.2, 0.25) is 0 Å². The molecule has 8 heteroatoms. The topological polar surface area (TPSA) is 93.9 Å². The van der Waals surface area contributed by atoms with Crippen LogP contribution in [-0.2, 0) is 10.3 Å². The van der Waals surface area contributed by atoms with E-state index in [2.05, 4.69) is 10.2 Å². The van der Waals surface area contributed by atoms with E-state index >= 15 is 0 Å². The molecular weight excluding hydrogens is 410 g/mol. The Balaban J connectivity index is 1.69. The van der Waals surface area contributed by atoms with E-state index in [1.54, 1.807) is 0 Å². The molecule has 2 aromatic rings. The number of nitrogens with one attached hydrogen (secondary N) is 1. The highest BCUT2D eigenvalue weighted by atomic mass is 16.6. The molecule has 32 heavy (non-hydrogen) atoms. The highest BCUT2D eigenvalue weighted by Crippen LogP contribution is 2.58. The minimum Gasteiger partial charge on any atom is -0.490 e. The lowest BCUT2D eigenvalue weighted by Crippen LogP contribution is -2.55. The third-order valence-corrected chi connectivity index (χ3v) is 7.05. The van der Waals surface area contributed by atoms with Crippen molar-refractivity contribution in [1.82, 2.24) is 4.90 Å². The summed E-state index contributed by atoms with van der Waals surface area (Å²) in [5.74, 6) is 0.455. The second-order valence-corrected chi connectivity index (χ2v) is 8.50. The maximum Gasteiger partial charge on any atom is 0.256 e. The summed E-state index contributed by atoms with van der Waals surface area (Å²) in [7, 11) is 0. The number of fused-ring (bicyclic) bond motifs is 4. The summed E-state index contributed by atoms with van der Waals surface area (Å²) in [6.07, 6.45) is 1.71. The number of nitro groups is 1. The average molecular weight is 437 g/mol. The lowest BCUT2D eigenvalue weighted by molar-refractivity contribution is -0.534. The Kier molecular flexibility index (Phi) is 5.04. The average Bonchev–Trinajstić information content (AvgIpc) is 3.43. The monoisotopic (exact) mass is 437 g/mol. The molecule has 0 saturated carbocycles. The molecular formula is C24H27N3O5. The van der Waals surface area contributed by atoms with Crippen LogP contribution >= 0.6 is 0 Å². The molecule has 0 unspecified atom stereocenters. The first-order valence-electron chi connectivity index (χ1n) is 11.2. The lowest BCUT2D eigenvalue weighted by atomic mass is 9.77. The largest absolute Gasteiger partial charge is 0.490 e. The molecule has 3 heterocycles. The standard InChI is InChI=1S/C24H27N3O5/c1-3-31-19-12-11-15(14-20(19)32-4-2)21-18-10-7-13-26(18)24(22(21)27(29)30)16-8-5-6-9-17(16)25-23(24)28/h5-6,8-9,11-12,14,18,21-22H,3-4,7,10,13H2,1-2H3,(H,25,28)/t18-,21+,22-,24+/m0/s1. The summed E-state index contributed by atoms with van der Waals surface area (Å²) in [5.41, 5.74) is 0.870. The fourth-order valence-electron chi connectivity index (χ4n) is 6.05. The number of para-hydroxylation sites is 1. The second-order valence-electron chi connectivity index (χ2n) is 8.50. The van der Waals surface area contributed by atoms with E-state index < -0.39 is 17.5 Å². The minimum absolute atomic E-state index is 0.102. The number of hydrogen-bond acceptors (Lipinski definition) is 6. The van der Waals surface area contributed by atoms with Crippen molar-refractivity contribution < 1.29 is 19.2 Å². The van der Waals surface area contributed by atoms with Crippen molar-refractivity contribution in [3.8, 4) is 11.5 Å². The van der Waals surface area contributed by atoms with E-state index in [1.807, 2.05) is 56.3 Å². The van der Waals surface area contributed by atoms with Gasteiger partial charge in [0.1, 0.15) is 0 Å². The van der Waals surface area contributed by atoms with Gasteiger partial charge in [-0.2, -0.15) is 0 Å². The predicted octanol–water partition coefficient (Wildman–Crippen LogP) is 3.54. The van der Waals surface area contributed by atoms with Gasteiger partial charge in [0.2, 0.25) is 0 Å². The third-order valence-electron chi connectivity index (χ3n) is 7.05. The van der Waals surface area contributed by atoms with E-state index in [9.17, 15) is 14.9 Å². The highest BCUT2D eigenvalue weighted by molar-refractivity contribution is 6.07. The Hall–Kier alpha value is -3.13. The summed E-state index contributed by atoms with van der Waals surface area (Å²) >= 11 is 0. The van der Waals surface area contributed by atoms with Crippen LogP contribution in [0.25, 0.3) is 0 Å². The molecule has 3 aliphatic rings. The predicted molar refractivity (Wildman–Crippen MR) is 119 cm³/mol. The number of carbonyl (C=O) groups excluding carboxylic acids is 1. The van der Waals surface area contributed by atoms with Gasteiger partial charge in [0.15, 0.2) is 17.0 Å². The maximum absolute atomic E-state index is 13.5. The maximum atomic E-state index is 13.5. The van der Waals surface area contributed by atoms with Crippen LogP contribution in [0.15, 0.2) is 42.5 Å². The first kappa shape index (κ1) is 20.8. The van der Waals surface area contributed by atoms with Crippen molar-refractivity contribution in [2.45, 2.75) is 50.2 Å². The number of ether oxygens (including phenoxy) is 2. The van der Waals surface area contributed by atoms with Crippen LogP contribution in [0.5, 0.6) is 11.5 Å². The van der Waals surface area contributed by atoms with Crippen molar-refractivity contribution in [2.24, 2.45) is 0 Å². The van der Waals surface area contributed by atoms with E-state index in [4.69, 9.17) is 9.47 Å². The zero-order chi connectivity index (χ0) is 22.5. The smallest absolute Gasteiger partial charge is 0.256 e. The summed E-state index contributed by atoms with van der Waals surface area (Å²) in [6, 6.07) is 11.7. The zero-order valence-electron chi connectivity index (χ0n) is 18.2. The van der Waals surface area contributed by atoms with Gasteiger partial charge < -0.3 is 14.8 Å². The molecule has 1 N–H and O–H groups in total. The Morgan fingerprint density at radius 1 is 1.16 bits per heavy atom. The van der Waals surface area contributed by atoms with Gasteiger partial charge in [-0.25, -0.2) is 0 Å². The summed E-state index contributed by atoms with van der Waals surface area (Å²) < 4.78 is 11.5. The molecule has 8 nitrogen and oxygen atoms in total. The highest BCUT2D eigenvalue weighted by Gasteiger charge is 2.73. The van der Waals surface area contributed by atoms with Crippen LogP contribution in [-0.4, -0.2) is 47.6 Å². The Morgan fingerprint density at radius 2 is 1.91 bits per heavy atom. The number of anilines is 1. The molecule has 0 aromatic heterocycles. The van der Waals surface area contributed by atoms with Crippen molar-refractivity contribution in [3.05, 3.63) is 63.7 Å². The van der Waals surface area contributed by atoms with Gasteiger partial charge in [-0.3, -0.25) is 19.8 Å². The van der Waals surface area contributed by atoms with Gasteiger partial charge in [-0.1, -0.05) is 24.3 Å². The molecule has 0 aliphatic carbocycles. The van der Waals surface area contributed by atoms with Crippen molar-refractivity contribution in [2.75, 3.05) is 25.1 Å². The van der Waals surface area contributed by atoms with Gasteiger partial charge in [0.25, 0.3) is 11.9 Å². The van der Waals surface area contributed by atoms with Gasteiger partial charge in [0.05, 0.1) is 19.1 Å². The van der Waals surface area contributed by atoms with Crippen molar-refractivity contribution >= 4 is 11.6 Å². The molecule has 0 bridgehead atoms. The van der Waals surface area contributed by atoms with Gasteiger partial charge in [0, 0.05) is 28.8 Å². The number of rotatable bonds is 6. The van der Waals surface area contributed by atoms with Gasteiger partial charge in [-0.05, 0) is 50.5 Å². The molecule has 2 aromatic carbocycles. The molecule has 4 atom stereocenters. The number of nitrogens with zero attached hydrogens (tertiary/aromatic N) is 2. The molecule has 168 valence electrons. The van der Waals surface area contributed by atoms with Crippen LogP contribution in [0, 0.1) is 10.1 Å². The van der Waals surface area contributed by atoms with Crippen molar-refractivity contribution in [3.63, 3.8) is 0 Å². The fraction of sp³-hybridized carbons (Fsp3) is 0.458. The first-order chi connectivity index (χ1) is 15.5. The third kappa shape index (κ3) is 2.75. The molecule has 3 aliphatic heterocycles. The minimum atomic E-state index is -1.31. The SMILES string of the molecule is CCOc1ccc([C@H]2[C@H]([N+](=O)[O-])[C@]3(C(=O)Nc4ccccc43)N3CCC[C@@H]23)cc1OCC. The molecule has 1 amide bonds. The van der Waals surface area contributed by atoms with Crippen molar-refractivity contribution in [1.29, 1.82) is 0 Å². The van der Waals surface area contributed by atoms with E-state index in [0.717, 1.165) is 18.4 Å². The number of amides is 1. The van der Waals surface area contributed by atoms with Gasteiger partial charge >= 0.3 is 0 Å². The van der Waals surface area contributed by atoms with E-state index in [1.165, 1.54) is 0 Å². The number of hydrogen-bond donors (Lipinski definition) is 1. The fourth-order valence-corrected chi connectivity index (χ4v) is 6.05. The van der Waals surface area contributed by atoms with E-state index in [0.29, 0.717) is 42.5 Å². The van der Waals surface area contributed by atoms with Gasteiger partial charge in [-0.15, -0.1) is 0 Å². The summed E-state index contributed by atoms with van der Waals surface area (Å²) in [4.78, 5) is 28.0. The van der Waals surface area contributed by atoms with Crippen LogP contribution in [0.3, 0.4) is 0 Å². The second kappa shape index (κ2) is 7.78. The summed E-state index contributed by atoms with van der Waals surface area (Å²) in [6.45, 7) is 5.41. The Morgan fingerprint density at radius 3 is 2.66 bits per heavy atom. The molecule has 2 fully saturated rings. The Labute approximate surface area is 186 Å². The van der Waals surface area contributed by atoms with Crippen LogP contribution in [0.1, 0.15) is 43.7 Å². The van der Waals surface area contributed by atoms with E-state index in [-0.39, 0.29) is 16.9 Å². The van der Waals surface area contributed by atoms with Crippen LogP contribution in [0.4, 0.5) is 5.69 Å². The first-order valence-corrected chi connectivity index (χ1v) is 11.2. The summed E-state index contributed by atoms with van der Waals surface area (Å²) in [5, 5.41) is 15.6. The molecule has 5 rings (SSSR count). The zero-order valence-corrected chi connectivity index (χ0v) is 18.2. The quantitative estimate of drug-likeness (QED) is 0.549. The Bertz CT molecular complexity index is 1070. The lowest BCUT2D eigenvalue weighted by Gasteiger charge is -2.32. The molecule has 2 saturated heterocycles. The normalized spacial score (nSPS) is 28.4. The molecule has 0 radical (unpaired) electrons. The van der Waals surface area contributed by atoms with Crippen LogP contribution < -0.4 is 14.8 Å². The number of benzene rings is 2.